The molecule has 6 heteroatoms. The van der Waals surface area contributed by atoms with Crippen molar-refractivity contribution >= 4 is 10.0 Å². The van der Waals surface area contributed by atoms with Crippen molar-refractivity contribution < 1.29 is 8.42 Å². The van der Waals surface area contributed by atoms with Crippen molar-refractivity contribution in [3.63, 3.8) is 0 Å². The van der Waals surface area contributed by atoms with Crippen LogP contribution in [0.15, 0.2) is 24.3 Å². The lowest BCUT2D eigenvalue weighted by Crippen LogP contribution is -2.33. The Bertz CT molecular complexity index is 596. The van der Waals surface area contributed by atoms with E-state index in [0.717, 1.165) is 0 Å². The summed E-state index contributed by atoms with van der Waals surface area (Å²) in [5, 5.41) is 17.4. The smallest absolute Gasteiger partial charge is 0.212 e. The molecule has 1 atom stereocenters. The molecule has 1 N–H and O–H groups in total. The first-order valence-electron chi connectivity index (χ1n) is 5.33. The molecular formula is C12H13N3O2S. The monoisotopic (exact) mass is 263 g/mol. The number of rotatable bonds is 5. The zero-order valence-corrected chi connectivity index (χ0v) is 10.7. The van der Waals surface area contributed by atoms with E-state index in [2.05, 4.69) is 4.72 Å². The van der Waals surface area contributed by atoms with Crippen LogP contribution in [0.2, 0.25) is 0 Å². The number of nitriles is 2. The summed E-state index contributed by atoms with van der Waals surface area (Å²) in [6, 6.07) is 9.96. The molecule has 0 bridgehead atoms. The zero-order chi connectivity index (χ0) is 13.6. The lowest BCUT2D eigenvalue weighted by molar-refractivity contribution is 0.562. The van der Waals surface area contributed by atoms with Gasteiger partial charge < -0.3 is 0 Å². The van der Waals surface area contributed by atoms with Crippen LogP contribution in [-0.4, -0.2) is 14.5 Å². The van der Waals surface area contributed by atoms with Crippen LogP contribution in [0.5, 0.6) is 0 Å². The van der Waals surface area contributed by atoms with Crippen LogP contribution in [0.25, 0.3) is 0 Å². The summed E-state index contributed by atoms with van der Waals surface area (Å²) >= 11 is 0. The topological polar surface area (TPSA) is 93.8 Å². The third kappa shape index (κ3) is 4.17. The summed E-state index contributed by atoms with van der Waals surface area (Å²) in [5.74, 6) is -0.257. The Labute approximate surface area is 107 Å². The standard InChI is InChI=1S/C12H13N3O2S/c1-10(6-7-13)15-18(16,17)9-12-5-3-2-4-11(12)8-14/h2-5,10,15H,6,9H2,1H3. The van der Waals surface area contributed by atoms with Gasteiger partial charge in [0.05, 0.1) is 29.9 Å². The molecule has 0 saturated carbocycles. The number of sulfonamides is 1. The fraction of sp³-hybridized carbons (Fsp3) is 0.333. The van der Waals surface area contributed by atoms with Crippen molar-refractivity contribution in [2.24, 2.45) is 0 Å². The van der Waals surface area contributed by atoms with Gasteiger partial charge in [-0.3, -0.25) is 0 Å². The molecule has 0 saturated heterocycles. The van der Waals surface area contributed by atoms with E-state index in [4.69, 9.17) is 10.5 Å². The molecule has 1 unspecified atom stereocenters. The average Bonchev–Trinajstić information content (AvgIpc) is 2.28. The highest BCUT2D eigenvalue weighted by Crippen LogP contribution is 2.11. The lowest BCUT2D eigenvalue weighted by Gasteiger charge is -2.11. The van der Waals surface area contributed by atoms with Crippen molar-refractivity contribution in [3.05, 3.63) is 35.4 Å². The van der Waals surface area contributed by atoms with E-state index in [-0.39, 0.29) is 12.2 Å². The number of nitrogens with one attached hydrogen (secondary N) is 1. The molecule has 1 aromatic rings. The molecule has 1 aromatic carbocycles. The summed E-state index contributed by atoms with van der Waals surface area (Å²) in [5.41, 5.74) is 0.799. The minimum absolute atomic E-state index is 0.110. The predicted octanol–water partition coefficient (Wildman–Crippen LogP) is 1.28. The Morgan fingerprint density at radius 1 is 1.33 bits per heavy atom. The van der Waals surface area contributed by atoms with Crippen LogP contribution in [0, 0.1) is 22.7 Å². The highest BCUT2D eigenvalue weighted by Gasteiger charge is 2.16. The van der Waals surface area contributed by atoms with E-state index in [1.165, 1.54) is 0 Å². The zero-order valence-electron chi connectivity index (χ0n) is 9.92. The minimum atomic E-state index is -3.54. The normalized spacial score (nSPS) is 12.4. The first-order chi connectivity index (χ1) is 8.48. The van der Waals surface area contributed by atoms with Crippen LogP contribution in [0.4, 0.5) is 0 Å². The average molecular weight is 263 g/mol. The molecule has 0 amide bonds. The number of nitrogens with zero attached hydrogens (tertiary/aromatic N) is 2. The second kappa shape index (κ2) is 6.15. The lowest BCUT2D eigenvalue weighted by atomic mass is 10.1. The van der Waals surface area contributed by atoms with Crippen LogP contribution >= 0.6 is 0 Å². The molecule has 0 radical (unpaired) electrons. The Morgan fingerprint density at radius 2 is 2.00 bits per heavy atom. The molecule has 1 rings (SSSR count). The van der Waals surface area contributed by atoms with Crippen molar-refractivity contribution in [3.8, 4) is 12.1 Å². The van der Waals surface area contributed by atoms with Crippen molar-refractivity contribution in [2.75, 3.05) is 0 Å². The molecule has 0 spiro atoms. The van der Waals surface area contributed by atoms with E-state index in [1.54, 1.807) is 31.2 Å². The van der Waals surface area contributed by atoms with Gasteiger partial charge in [0.15, 0.2) is 0 Å². The fourth-order valence-electron chi connectivity index (χ4n) is 1.49. The van der Waals surface area contributed by atoms with Gasteiger partial charge in [0, 0.05) is 6.04 Å². The Balaban J connectivity index is 2.84. The number of benzene rings is 1. The second-order valence-electron chi connectivity index (χ2n) is 3.91. The first kappa shape index (κ1) is 14.2. The summed E-state index contributed by atoms with van der Waals surface area (Å²) in [6.45, 7) is 1.62. The Hall–Kier alpha value is -1.89. The van der Waals surface area contributed by atoms with Crippen LogP contribution < -0.4 is 4.72 Å². The molecule has 5 nitrogen and oxygen atoms in total. The van der Waals surface area contributed by atoms with Gasteiger partial charge in [-0.2, -0.15) is 10.5 Å². The molecule has 0 heterocycles. The largest absolute Gasteiger partial charge is 0.216 e. The molecule has 0 aliphatic rings. The van der Waals surface area contributed by atoms with E-state index in [0.29, 0.717) is 11.1 Å². The van der Waals surface area contributed by atoms with Crippen LogP contribution in [-0.2, 0) is 15.8 Å². The summed E-state index contributed by atoms with van der Waals surface area (Å²) in [4.78, 5) is 0. The van der Waals surface area contributed by atoms with Gasteiger partial charge >= 0.3 is 0 Å². The molecule has 0 fully saturated rings. The quantitative estimate of drug-likeness (QED) is 0.865. The summed E-state index contributed by atoms with van der Waals surface area (Å²) in [7, 11) is -3.54. The van der Waals surface area contributed by atoms with Crippen molar-refractivity contribution in [1.29, 1.82) is 10.5 Å². The van der Waals surface area contributed by atoms with Gasteiger partial charge in [-0.15, -0.1) is 0 Å². The molecule has 0 aliphatic heterocycles. The van der Waals surface area contributed by atoms with Gasteiger partial charge in [-0.25, -0.2) is 13.1 Å². The highest BCUT2D eigenvalue weighted by atomic mass is 32.2. The van der Waals surface area contributed by atoms with Gasteiger partial charge in [-0.1, -0.05) is 18.2 Å². The SMILES string of the molecule is CC(CC#N)NS(=O)(=O)Cc1ccccc1C#N. The van der Waals surface area contributed by atoms with Crippen molar-refractivity contribution in [1.82, 2.24) is 4.72 Å². The molecule has 0 aliphatic carbocycles. The summed E-state index contributed by atoms with van der Waals surface area (Å²) in [6.07, 6.45) is 0.110. The predicted molar refractivity (Wildman–Crippen MR) is 66.6 cm³/mol. The highest BCUT2D eigenvalue weighted by molar-refractivity contribution is 7.88. The minimum Gasteiger partial charge on any atom is -0.212 e. The Kier molecular flexibility index (Phi) is 4.85. The maximum Gasteiger partial charge on any atom is 0.216 e. The fourth-order valence-corrected chi connectivity index (χ4v) is 2.93. The number of hydrogen-bond donors (Lipinski definition) is 1. The molecule has 94 valence electrons. The molecule has 0 aromatic heterocycles. The van der Waals surface area contributed by atoms with Crippen LogP contribution in [0.3, 0.4) is 0 Å². The van der Waals surface area contributed by atoms with Gasteiger partial charge in [-0.05, 0) is 18.6 Å². The third-order valence-electron chi connectivity index (χ3n) is 2.26. The maximum absolute atomic E-state index is 11.8. The van der Waals surface area contributed by atoms with Gasteiger partial charge in [0.1, 0.15) is 0 Å². The third-order valence-corrected chi connectivity index (χ3v) is 3.71. The maximum atomic E-state index is 11.8. The van der Waals surface area contributed by atoms with Gasteiger partial charge in [0.2, 0.25) is 10.0 Å². The van der Waals surface area contributed by atoms with E-state index in [9.17, 15) is 8.42 Å². The van der Waals surface area contributed by atoms with E-state index in [1.807, 2.05) is 12.1 Å². The Morgan fingerprint density at radius 3 is 2.61 bits per heavy atom. The van der Waals surface area contributed by atoms with E-state index >= 15 is 0 Å². The number of hydrogen-bond acceptors (Lipinski definition) is 4. The van der Waals surface area contributed by atoms with E-state index < -0.39 is 16.1 Å². The van der Waals surface area contributed by atoms with Crippen LogP contribution in [0.1, 0.15) is 24.5 Å². The first-order valence-corrected chi connectivity index (χ1v) is 6.98. The second-order valence-corrected chi connectivity index (χ2v) is 5.66. The van der Waals surface area contributed by atoms with Crippen molar-refractivity contribution in [2.45, 2.75) is 25.1 Å². The molecular weight excluding hydrogens is 250 g/mol. The van der Waals surface area contributed by atoms with Gasteiger partial charge in [0.25, 0.3) is 0 Å². The molecule has 18 heavy (non-hydrogen) atoms. The summed E-state index contributed by atoms with van der Waals surface area (Å²) < 4.78 is 26.0.